The van der Waals surface area contributed by atoms with E-state index in [4.69, 9.17) is 11.6 Å². The van der Waals surface area contributed by atoms with Crippen LogP contribution in [0.3, 0.4) is 0 Å². The molecule has 1 aromatic rings. The minimum Gasteiger partial charge on any atom is -0.375 e. The Morgan fingerprint density at radius 1 is 1.31 bits per heavy atom. The predicted octanol–water partition coefficient (Wildman–Crippen LogP) is 3.54. The van der Waals surface area contributed by atoms with E-state index in [-0.39, 0.29) is 0 Å². The van der Waals surface area contributed by atoms with Crippen LogP contribution in [0.1, 0.15) is 17.9 Å². The van der Waals surface area contributed by atoms with Crippen molar-refractivity contribution in [1.29, 1.82) is 0 Å². The first-order valence-electron chi connectivity index (χ1n) is 4.10. The molecule has 1 aromatic carbocycles. The summed E-state index contributed by atoms with van der Waals surface area (Å²) >= 11 is 7.64. The highest BCUT2D eigenvalue weighted by molar-refractivity contribution is 8.03. The van der Waals surface area contributed by atoms with Gasteiger partial charge in [0.1, 0.15) is 5.37 Å². The largest absolute Gasteiger partial charge is 0.375 e. The fourth-order valence-electron chi connectivity index (χ4n) is 1.25. The first-order chi connectivity index (χ1) is 6.25. The maximum Gasteiger partial charge on any atom is 0.102 e. The Morgan fingerprint density at radius 2 is 2.00 bits per heavy atom. The summed E-state index contributed by atoms with van der Waals surface area (Å²) in [5, 5.41) is 4.45. The fourth-order valence-corrected chi connectivity index (χ4v) is 2.31. The second-order valence-electron chi connectivity index (χ2n) is 2.97. The van der Waals surface area contributed by atoms with Crippen molar-refractivity contribution in [3.63, 3.8) is 0 Å². The summed E-state index contributed by atoms with van der Waals surface area (Å²) in [6.45, 7) is 2.10. The third-order valence-corrected chi connectivity index (χ3v) is 3.30. The van der Waals surface area contributed by atoms with Crippen LogP contribution in [0.25, 0.3) is 0 Å². The van der Waals surface area contributed by atoms with E-state index in [0.717, 1.165) is 5.02 Å². The van der Waals surface area contributed by atoms with Crippen LogP contribution >= 0.6 is 23.4 Å². The molecule has 0 saturated heterocycles. The summed E-state index contributed by atoms with van der Waals surface area (Å²) in [7, 11) is 0. The normalized spacial score (nSPS) is 21.1. The quantitative estimate of drug-likeness (QED) is 0.763. The molecule has 1 heterocycles. The molecule has 0 fully saturated rings. The van der Waals surface area contributed by atoms with Crippen LogP contribution in [0.15, 0.2) is 35.4 Å². The highest BCUT2D eigenvalue weighted by Crippen LogP contribution is 2.36. The molecule has 1 aliphatic rings. The molecular formula is C10H10ClNS. The number of hydrogen-bond donors (Lipinski definition) is 1. The standard InChI is InChI=1S/C10H10ClNS/c1-7-6-12-10(13-7)8-2-4-9(11)5-3-8/h2-6,10,12H,1H3. The molecule has 1 nitrogen and oxygen atoms in total. The maximum atomic E-state index is 5.81. The van der Waals surface area contributed by atoms with E-state index in [9.17, 15) is 0 Å². The molecule has 13 heavy (non-hydrogen) atoms. The van der Waals surface area contributed by atoms with Crippen LogP contribution in [0.4, 0.5) is 0 Å². The van der Waals surface area contributed by atoms with Crippen molar-refractivity contribution in [2.24, 2.45) is 0 Å². The van der Waals surface area contributed by atoms with Gasteiger partial charge in [-0.3, -0.25) is 0 Å². The van der Waals surface area contributed by atoms with Gasteiger partial charge in [0, 0.05) is 11.2 Å². The van der Waals surface area contributed by atoms with Crippen LogP contribution in [0, 0.1) is 0 Å². The Morgan fingerprint density at radius 3 is 2.54 bits per heavy atom. The predicted molar refractivity (Wildman–Crippen MR) is 58.7 cm³/mol. The molecule has 1 unspecified atom stereocenters. The average molecular weight is 212 g/mol. The van der Waals surface area contributed by atoms with Gasteiger partial charge < -0.3 is 5.32 Å². The zero-order valence-corrected chi connectivity index (χ0v) is 8.82. The second-order valence-corrected chi connectivity index (χ2v) is 4.76. The van der Waals surface area contributed by atoms with Gasteiger partial charge in [0.2, 0.25) is 0 Å². The van der Waals surface area contributed by atoms with Crippen molar-refractivity contribution in [2.75, 3.05) is 0 Å². The van der Waals surface area contributed by atoms with Gasteiger partial charge in [-0.25, -0.2) is 0 Å². The van der Waals surface area contributed by atoms with Gasteiger partial charge in [-0.15, -0.1) is 0 Å². The highest BCUT2D eigenvalue weighted by atomic mass is 35.5. The van der Waals surface area contributed by atoms with Gasteiger partial charge in [0.05, 0.1) is 0 Å². The molecule has 2 rings (SSSR count). The van der Waals surface area contributed by atoms with Crippen LogP contribution < -0.4 is 5.32 Å². The summed E-state index contributed by atoms with van der Waals surface area (Å²) in [6, 6.07) is 7.96. The number of thioether (sulfide) groups is 1. The Labute approximate surface area is 87.2 Å². The molecule has 0 saturated carbocycles. The van der Waals surface area contributed by atoms with E-state index >= 15 is 0 Å². The Balaban J connectivity index is 2.14. The molecule has 3 heteroatoms. The van der Waals surface area contributed by atoms with E-state index in [0.29, 0.717) is 5.37 Å². The van der Waals surface area contributed by atoms with Crippen LogP contribution in [0.5, 0.6) is 0 Å². The number of halogens is 1. The molecule has 0 spiro atoms. The van der Waals surface area contributed by atoms with Crippen LogP contribution in [-0.2, 0) is 0 Å². The van der Waals surface area contributed by atoms with Gasteiger partial charge in [-0.2, -0.15) is 0 Å². The van der Waals surface area contributed by atoms with Gasteiger partial charge >= 0.3 is 0 Å². The van der Waals surface area contributed by atoms with Crippen molar-refractivity contribution in [3.8, 4) is 0 Å². The summed E-state index contributed by atoms with van der Waals surface area (Å²) in [5.41, 5.74) is 1.27. The van der Waals surface area contributed by atoms with Crippen molar-refractivity contribution < 1.29 is 0 Å². The monoisotopic (exact) mass is 211 g/mol. The molecule has 0 aromatic heterocycles. The molecule has 0 bridgehead atoms. The minimum atomic E-state index is 0.359. The summed E-state index contributed by atoms with van der Waals surface area (Å²) in [6.07, 6.45) is 2.05. The van der Waals surface area contributed by atoms with E-state index in [1.807, 2.05) is 30.1 Å². The SMILES string of the molecule is CC1=CNC(c2ccc(Cl)cc2)S1. The van der Waals surface area contributed by atoms with E-state index in [1.165, 1.54) is 10.5 Å². The topological polar surface area (TPSA) is 12.0 Å². The molecule has 68 valence electrons. The van der Waals surface area contributed by atoms with Crippen molar-refractivity contribution in [2.45, 2.75) is 12.3 Å². The second kappa shape index (κ2) is 3.64. The average Bonchev–Trinajstić information content (AvgIpc) is 2.53. The Bertz CT molecular complexity index is 331. The first-order valence-corrected chi connectivity index (χ1v) is 5.36. The van der Waals surface area contributed by atoms with Gasteiger partial charge in [-0.1, -0.05) is 35.5 Å². The number of rotatable bonds is 1. The van der Waals surface area contributed by atoms with Crippen molar-refractivity contribution in [1.82, 2.24) is 5.32 Å². The van der Waals surface area contributed by atoms with Crippen LogP contribution in [0.2, 0.25) is 5.02 Å². The summed E-state index contributed by atoms with van der Waals surface area (Å²) in [4.78, 5) is 1.32. The third-order valence-electron chi connectivity index (χ3n) is 1.91. The maximum absolute atomic E-state index is 5.81. The zero-order valence-electron chi connectivity index (χ0n) is 7.25. The summed E-state index contributed by atoms with van der Waals surface area (Å²) < 4.78 is 0. The van der Waals surface area contributed by atoms with Gasteiger partial charge in [-0.05, 0) is 29.5 Å². The van der Waals surface area contributed by atoms with Gasteiger partial charge in [0.25, 0.3) is 0 Å². The lowest BCUT2D eigenvalue weighted by atomic mass is 10.2. The number of benzene rings is 1. The van der Waals surface area contributed by atoms with Crippen molar-refractivity contribution in [3.05, 3.63) is 46.0 Å². The van der Waals surface area contributed by atoms with Crippen molar-refractivity contribution >= 4 is 23.4 Å². The highest BCUT2D eigenvalue weighted by Gasteiger charge is 2.15. The smallest absolute Gasteiger partial charge is 0.102 e. The third kappa shape index (κ3) is 2.01. The lowest BCUT2D eigenvalue weighted by molar-refractivity contribution is 0.861. The zero-order chi connectivity index (χ0) is 9.26. The lowest BCUT2D eigenvalue weighted by Crippen LogP contribution is -2.06. The van der Waals surface area contributed by atoms with Gasteiger partial charge in [0.15, 0.2) is 0 Å². The number of hydrogen-bond acceptors (Lipinski definition) is 2. The molecule has 0 aliphatic carbocycles. The van der Waals surface area contributed by atoms with E-state index in [2.05, 4.69) is 24.4 Å². The molecule has 1 N–H and O–H groups in total. The minimum absolute atomic E-state index is 0.359. The fraction of sp³-hybridized carbons (Fsp3) is 0.200. The Kier molecular flexibility index (Phi) is 2.51. The number of allylic oxidation sites excluding steroid dienone is 1. The first kappa shape index (κ1) is 8.97. The lowest BCUT2D eigenvalue weighted by Gasteiger charge is -2.10. The molecule has 0 amide bonds. The Hall–Kier alpha value is -0.600. The summed E-state index contributed by atoms with van der Waals surface area (Å²) in [5.74, 6) is 0. The van der Waals surface area contributed by atoms with Crippen LogP contribution in [-0.4, -0.2) is 0 Å². The molecular weight excluding hydrogens is 202 g/mol. The molecule has 1 atom stereocenters. The molecule has 0 radical (unpaired) electrons. The number of nitrogens with one attached hydrogen (secondary N) is 1. The van der Waals surface area contributed by atoms with E-state index < -0.39 is 0 Å². The van der Waals surface area contributed by atoms with E-state index in [1.54, 1.807) is 0 Å². The molecule has 1 aliphatic heterocycles.